The smallest absolute Gasteiger partial charge is 0.233 e. The van der Waals surface area contributed by atoms with Gasteiger partial charge in [0.05, 0.1) is 11.8 Å². The van der Waals surface area contributed by atoms with E-state index in [1.54, 1.807) is 13.0 Å². The highest BCUT2D eigenvalue weighted by molar-refractivity contribution is 6.32. The molecule has 2 amide bonds. The van der Waals surface area contributed by atoms with Gasteiger partial charge in [-0.3, -0.25) is 29.0 Å². The highest BCUT2D eigenvalue weighted by Crippen LogP contribution is 2.56. The molecule has 2 aliphatic heterocycles. The van der Waals surface area contributed by atoms with Crippen LogP contribution in [0.3, 0.4) is 0 Å². The summed E-state index contributed by atoms with van der Waals surface area (Å²) in [6.45, 7) is 4.09. The van der Waals surface area contributed by atoms with Crippen molar-refractivity contribution in [2.24, 2.45) is 17.8 Å². The molecule has 0 spiro atoms. The normalized spacial score (nSPS) is 28.0. The first-order chi connectivity index (χ1) is 20.7. The second-order valence-corrected chi connectivity index (χ2v) is 12.9. The maximum atomic E-state index is 14.2. The highest BCUT2D eigenvalue weighted by Gasteiger charge is 2.57. The number of amides is 2. The van der Waals surface area contributed by atoms with Crippen LogP contribution in [0.25, 0.3) is 0 Å². The largest absolute Gasteiger partial charge is 0.508 e. The topological polar surface area (TPSA) is 95.0 Å². The Morgan fingerprint density at radius 2 is 1.70 bits per heavy atom. The fraction of sp³-hybridized carbons (Fsp3) is 0.371. The zero-order chi connectivity index (χ0) is 30.0. The summed E-state index contributed by atoms with van der Waals surface area (Å²) in [4.78, 5) is 58.9. The van der Waals surface area contributed by atoms with Gasteiger partial charge < -0.3 is 5.11 Å². The van der Waals surface area contributed by atoms with Gasteiger partial charge >= 0.3 is 0 Å². The molecule has 0 unspecified atom stereocenters. The monoisotopic (exact) mass is 596 g/mol. The minimum Gasteiger partial charge on any atom is -0.508 e. The molecule has 4 atom stereocenters. The quantitative estimate of drug-likeness (QED) is 0.298. The number of likely N-dealkylation sites (tertiary alicyclic amines) is 2. The molecule has 1 N–H and O–H groups in total. The molecule has 2 aromatic rings. The first-order valence-corrected chi connectivity index (χ1v) is 15.4. The first-order valence-electron chi connectivity index (χ1n) is 15.0. The Hall–Kier alpha value is -3.81. The second-order valence-electron chi connectivity index (χ2n) is 12.5. The van der Waals surface area contributed by atoms with Gasteiger partial charge in [-0.05, 0) is 67.9 Å². The molecular weight excluding hydrogens is 564 g/mol. The minimum atomic E-state index is -0.623. The number of hydrogen-bond donors (Lipinski definition) is 1. The molecule has 2 heterocycles. The van der Waals surface area contributed by atoms with E-state index in [1.807, 2.05) is 24.3 Å². The van der Waals surface area contributed by atoms with Gasteiger partial charge in [0.25, 0.3) is 0 Å². The van der Waals surface area contributed by atoms with Crippen LogP contribution in [0.2, 0.25) is 5.02 Å². The van der Waals surface area contributed by atoms with E-state index in [2.05, 4.69) is 17.0 Å². The van der Waals surface area contributed by atoms with Crippen molar-refractivity contribution in [3.05, 3.63) is 99.1 Å². The number of carbonyl (C=O) groups excluding carboxylic acids is 4. The number of nitrogens with zero attached hydrogens (tertiary/aromatic N) is 2. The average Bonchev–Trinajstić information content (AvgIpc) is 3.25. The summed E-state index contributed by atoms with van der Waals surface area (Å²) in [5.74, 6) is -2.80. The number of aromatic hydroxyl groups is 1. The number of carbonyl (C=O) groups is 4. The van der Waals surface area contributed by atoms with Gasteiger partial charge in [0.15, 0.2) is 11.6 Å². The minimum absolute atomic E-state index is 0.00295. The molecule has 43 heavy (non-hydrogen) atoms. The third-order valence-corrected chi connectivity index (χ3v) is 10.4. The van der Waals surface area contributed by atoms with E-state index in [0.29, 0.717) is 28.7 Å². The molecule has 0 saturated carbocycles. The molecule has 3 aliphatic carbocycles. The lowest BCUT2D eigenvalue weighted by Gasteiger charge is -2.42. The number of imide groups is 1. The SMILES string of the molecule is CC1=CC(=O)C2=C(C[C@@H]3C(=CC[C@@H]4C(=O)N(C5CCN(Cc6ccccc6)CC5)C(=O)[C@@H]43)[C@@H]2c2ccc(O)cc2Cl)C1=O. The summed E-state index contributed by atoms with van der Waals surface area (Å²) < 4.78 is 0. The van der Waals surface area contributed by atoms with Crippen LogP contribution in [0.15, 0.2) is 83.0 Å². The summed E-state index contributed by atoms with van der Waals surface area (Å²) in [7, 11) is 0. The Morgan fingerprint density at radius 3 is 2.42 bits per heavy atom. The predicted molar refractivity (Wildman–Crippen MR) is 161 cm³/mol. The number of hydrogen-bond acceptors (Lipinski definition) is 6. The number of Topliss-reactive ketones (excluding diaryl/α,β-unsaturated/α-hetero) is 1. The van der Waals surface area contributed by atoms with Crippen LogP contribution in [-0.4, -0.2) is 57.4 Å². The Labute approximate surface area is 255 Å². The number of rotatable bonds is 4. The molecule has 0 radical (unpaired) electrons. The number of piperidine rings is 1. The van der Waals surface area contributed by atoms with Gasteiger partial charge in [-0.25, -0.2) is 0 Å². The molecule has 7 nitrogen and oxygen atoms in total. The molecule has 2 aromatic carbocycles. The van der Waals surface area contributed by atoms with Gasteiger partial charge in [0.2, 0.25) is 11.8 Å². The molecule has 8 heteroatoms. The third kappa shape index (κ3) is 4.61. The van der Waals surface area contributed by atoms with Crippen molar-refractivity contribution in [1.82, 2.24) is 9.80 Å². The van der Waals surface area contributed by atoms with Crippen LogP contribution < -0.4 is 0 Å². The number of benzene rings is 2. The lowest BCUT2D eigenvalue weighted by atomic mass is 9.59. The summed E-state index contributed by atoms with van der Waals surface area (Å²) in [5.41, 5.74) is 3.89. The van der Waals surface area contributed by atoms with Crippen LogP contribution in [0, 0.1) is 17.8 Å². The van der Waals surface area contributed by atoms with Crippen LogP contribution in [0.4, 0.5) is 0 Å². The average molecular weight is 597 g/mol. The van der Waals surface area contributed by atoms with Crippen molar-refractivity contribution in [3.8, 4) is 5.75 Å². The Kier molecular flexibility index (Phi) is 6.98. The predicted octanol–water partition coefficient (Wildman–Crippen LogP) is 5.14. The first kappa shape index (κ1) is 28.0. The molecule has 5 aliphatic rings. The molecule has 0 aromatic heterocycles. The summed E-state index contributed by atoms with van der Waals surface area (Å²) >= 11 is 6.63. The Bertz CT molecular complexity index is 1650. The molecule has 0 bridgehead atoms. The van der Waals surface area contributed by atoms with Crippen molar-refractivity contribution < 1.29 is 24.3 Å². The standard InChI is InChI=1S/C35H33ClN2O5/c1-19-15-29(40)32-27(33(19)41)17-26-23(30(32)24-8-7-22(39)16-28(24)36)9-10-25-31(26)35(43)38(34(25)42)21-11-13-37(14-12-21)18-20-5-3-2-4-6-20/h2-9,15-16,21,25-26,30-31,39H,10-14,17-18H2,1H3/t25-,26+,30+,31-/m0/s1. The number of halogens is 1. The molecule has 7 rings (SSSR count). The third-order valence-electron chi connectivity index (χ3n) is 10.1. The van der Waals surface area contributed by atoms with E-state index in [-0.39, 0.29) is 46.6 Å². The van der Waals surface area contributed by atoms with Crippen LogP contribution in [0.1, 0.15) is 49.7 Å². The summed E-state index contributed by atoms with van der Waals surface area (Å²) in [6, 6.07) is 14.8. The Morgan fingerprint density at radius 1 is 0.953 bits per heavy atom. The number of fused-ring (bicyclic) bond motifs is 3. The number of ketones is 2. The van der Waals surface area contributed by atoms with Gasteiger partial charge in [0, 0.05) is 53.3 Å². The second kappa shape index (κ2) is 10.7. The molecule has 2 saturated heterocycles. The van der Waals surface area contributed by atoms with Crippen molar-refractivity contribution in [2.45, 2.75) is 51.1 Å². The van der Waals surface area contributed by atoms with Crippen LogP contribution >= 0.6 is 11.6 Å². The zero-order valence-corrected chi connectivity index (χ0v) is 24.7. The van der Waals surface area contributed by atoms with Gasteiger partial charge in [-0.15, -0.1) is 0 Å². The number of phenolic OH excluding ortho intramolecular Hbond substituents is 1. The molecule has 220 valence electrons. The van der Waals surface area contributed by atoms with E-state index in [9.17, 15) is 24.3 Å². The van der Waals surface area contributed by atoms with E-state index in [1.165, 1.54) is 28.7 Å². The Balaban J connectivity index is 1.19. The van der Waals surface area contributed by atoms with E-state index in [0.717, 1.165) is 38.0 Å². The fourth-order valence-corrected chi connectivity index (χ4v) is 8.33. The molecule has 2 fully saturated rings. The fourth-order valence-electron chi connectivity index (χ4n) is 8.05. The summed E-state index contributed by atoms with van der Waals surface area (Å²) in [5, 5.41) is 10.3. The van der Waals surface area contributed by atoms with Crippen molar-refractivity contribution in [1.29, 1.82) is 0 Å². The molecular formula is C35H33ClN2O5. The maximum Gasteiger partial charge on any atom is 0.233 e. The lowest BCUT2D eigenvalue weighted by Crippen LogP contribution is -2.47. The lowest BCUT2D eigenvalue weighted by molar-refractivity contribution is -0.144. The zero-order valence-electron chi connectivity index (χ0n) is 24.0. The van der Waals surface area contributed by atoms with Gasteiger partial charge in [-0.2, -0.15) is 0 Å². The van der Waals surface area contributed by atoms with Gasteiger partial charge in [0.1, 0.15) is 5.75 Å². The van der Waals surface area contributed by atoms with E-state index in [4.69, 9.17) is 11.6 Å². The van der Waals surface area contributed by atoms with E-state index >= 15 is 0 Å². The van der Waals surface area contributed by atoms with Crippen LogP contribution in [0.5, 0.6) is 5.75 Å². The van der Waals surface area contributed by atoms with Crippen molar-refractivity contribution >= 4 is 35.0 Å². The number of phenols is 1. The van der Waals surface area contributed by atoms with Crippen molar-refractivity contribution in [3.63, 3.8) is 0 Å². The maximum absolute atomic E-state index is 14.2. The van der Waals surface area contributed by atoms with E-state index < -0.39 is 23.7 Å². The van der Waals surface area contributed by atoms with Gasteiger partial charge in [-0.1, -0.05) is 59.6 Å². The van der Waals surface area contributed by atoms with Crippen molar-refractivity contribution in [2.75, 3.05) is 13.1 Å². The number of allylic oxidation sites excluding steroid dienone is 6. The van der Waals surface area contributed by atoms with Crippen LogP contribution in [-0.2, 0) is 25.7 Å². The highest BCUT2D eigenvalue weighted by atomic mass is 35.5. The summed E-state index contributed by atoms with van der Waals surface area (Å²) in [6.07, 6.45) is 5.48.